The normalized spacial score (nSPS) is 15.3. The van der Waals surface area contributed by atoms with Crippen molar-refractivity contribution in [1.82, 2.24) is 0 Å². The first-order valence-corrected chi connectivity index (χ1v) is 9.22. The first-order chi connectivity index (χ1) is 14.5. The molecule has 2 N–H and O–H groups in total. The van der Waals surface area contributed by atoms with Gasteiger partial charge in [-0.05, 0) is 43.2 Å². The van der Waals surface area contributed by atoms with Gasteiger partial charge in [-0.1, -0.05) is 23.4 Å². The fraction of sp³-hybridized carbons (Fsp3) is 0.250. The minimum atomic E-state index is -5.18. The van der Waals surface area contributed by atoms with Crippen molar-refractivity contribution in [3.8, 4) is 17.6 Å². The standard InChI is InChI=1S/C20H14ClF3N2O5/c21-13-3-8-17(25-18(27)31-15-6-4-14(5-7-15)26(29)30)16(11-13)19(28,20(22,23)24)10-9-12-1-2-12/h3-8,11-12,28H,1-2H2,(H,25,27)/t19-/m0/s1. The van der Waals surface area contributed by atoms with E-state index in [0.29, 0.717) is 12.8 Å². The number of ether oxygens (including phenoxy) is 1. The molecule has 0 aromatic heterocycles. The van der Waals surface area contributed by atoms with Crippen LogP contribution in [0.15, 0.2) is 42.5 Å². The van der Waals surface area contributed by atoms with Crippen molar-refractivity contribution in [1.29, 1.82) is 0 Å². The highest BCUT2D eigenvalue weighted by Crippen LogP contribution is 2.43. The zero-order valence-electron chi connectivity index (χ0n) is 15.6. The molecule has 0 radical (unpaired) electrons. The van der Waals surface area contributed by atoms with E-state index in [-0.39, 0.29) is 22.4 Å². The van der Waals surface area contributed by atoms with E-state index < -0.39 is 34.0 Å². The number of anilines is 1. The number of halogens is 4. The van der Waals surface area contributed by atoms with Gasteiger partial charge in [-0.25, -0.2) is 4.79 Å². The molecule has 1 amide bonds. The van der Waals surface area contributed by atoms with Gasteiger partial charge in [-0.15, -0.1) is 0 Å². The number of nitrogens with zero attached hydrogens (tertiary/aromatic N) is 1. The minimum absolute atomic E-state index is 0.0850. The monoisotopic (exact) mass is 454 g/mol. The summed E-state index contributed by atoms with van der Waals surface area (Å²) >= 11 is 5.83. The van der Waals surface area contributed by atoms with Crippen LogP contribution in [0.4, 0.5) is 29.3 Å². The molecule has 1 saturated carbocycles. The van der Waals surface area contributed by atoms with Crippen LogP contribution in [0.5, 0.6) is 5.75 Å². The van der Waals surface area contributed by atoms with Crippen molar-refractivity contribution in [2.45, 2.75) is 24.6 Å². The quantitative estimate of drug-likeness (QED) is 0.383. The van der Waals surface area contributed by atoms with Gasteiger partial charge >= 0.3 is 12.3 Å². The smallest absolute Gasteiger partial charge is 0.410 e. The van der Waals surface area contributed by atoms with Crippen LogP contribution in [0, 0.1) is 27.9 Å². The van der Waals surface area contributed by atoms with Crippen LogP contribution < -0.4 is 10.1 Å². The number of nitro groups is 1. The van der Waals surface area contributed by atoms with Gasteiger partial charge in [-0.3, -0.25) is 15.4 Å². The zero-order chi connectivity index (χ0) is 22.8. The number of carbonyl (C=O) groups excluding carboxylic acids is 1. The summed E-state index contributed by atoms with van der Waals surface area (Å²) in [5, 5.41) is 23.1. The van der Waals surface area contributed by atoms with E-state index in [1.807, 2.05) is 5.92 Å². The summed E-state index contributed by atoms with van der Waals surface area (Å²) in [5.74, 6) is 3.97. The Morgan fingerprint density at radius 1 is 1.23 bits per heavy atom. The third kappa shape index (κ3) is 5.25. The molecule has 3 rings (SSSR count). The number of alkyl halides is 3. The topological polar surface area (TPSA) is 102 Å². The number of amides is 1. The summed E-state index contributed by atoms with van der Waals surface area (Å²) in [6.45, 7) is 0. The lowest BCUT2D eigenvalue weighted by atomic mass is 9.91. The van der Waals surface area contributed by atoms with Crippen molar-refractivity contribution in [3.63, 3.8) is 0 Å². The molecule has 162 valence electrons. The van der Waals surface area contributed by atoms with Gasteiger partial charge in [0, 0.05) is 28.6 Å². The fourth-order valence-electron chi connectivity index (χ4n) is 2.53. The lowest BCUT2D eigenvalue weighted by molar-refractivity contribution is -0.384. The summed E-state index contributed by atoms with van der Waals surface area (Å²) in [5.41, 5.74) is -4.99. The molecule has 1 fully saturated rings. The molecular weight excluding hydrogens is 441 g/mol. The summed E-state index contributed by atoms with van der Waals surface area (Å²) in [6, 6.07) is 7.62. The van der Waals surface area contributed by atoms with Crippen LogP contribution in [-0.2, 0) is 5.60 Å². The van der Waals surface area contributed by atoms with Gasteiger partial charge < -0.3 is 9.84 Å². The Balaban J connectivity index is 1.89. The molecule has 0 saturated heterocycles. The highest BCUT2D eigenvalue weighted by atomic mass is 35.5. The second kappa shape index (κ2) is 8.45. The van der Waals surface area contributed by atoms with Crippen molar-refractivity contribution in [2.24, 2.45) is 5.92 Å². The summed E-state index contributed by atoms with van der Waals surface area (Å²) in [7, 11) is 0. The Labute approximate surface area is 178 Å². The molecule has 0 bridgehead atoms. The van der Waals surface area contributed by atoms with E-state index in [9.17, 15) is 33.2 Å². The van der Waals surface area contributed by atoms with Crippen LogP contribution in [-0.4, -0.2) is 22.3 Å². The minimum Gasteiger partial charge on any atom is -0.410 e. The summed E-state index contributed by atoms with van der Waals surface area (Å²) in [6.07, 6.45) is -5.08. The maximum Gasteiger partial charge on any atom is 0.433 e. The molecule has 0 aliphatic heterocycles. The lowest BCUT2D eigenvalue weighted by Crippen LogP contribution is -2.42. The zero-order valence-corrected chi connectivity index (χ0v) is 16.3. The third-order valence-corrected chi connectivity index (χ3v) is 4.55. The number of aliphatic hydroxyl groups is 1. The Morgan fingerprint density at radius 3 is 2.42 bits per heavy atom. The summed E-state index contributed by atoms with van der Waals surface area (Å²) in [4.78, 5) is 22.2. The Bertz CT molecular complexity index is 1070. The SMILES string of the molecule is O=C(Nc1ccc(Cl)cc1[C@@](O)(C#CC1CC1)C(F)(F)F)Oc1ccc([N+](=O)[O-])cc1. The molecule has 31 heavy (non-hydrogen) atoms. The third-order valence-electron chi connectivity index (χ3n) is 4.31. The molecule has 2 aromatic carbocycles. The van der Waals surface area contributed by atoms with E-state index in [1.165, 1.54) is 6.07 Å². The van der Waals surface area contributed by atoms with E-state index in [2.05, 4.69) is 11.2 Å². The van der Waals surface area contributed by atoms with Crippen molar-refractivity contribution >= 4 is 29.1 Å². The highest BCUT2D eigenvalue weighted by molar-refractivity contribution is 6.30. The van der Waals surface area contributed by atoms with Crippen LogP contribution in [0.3, 0.4) is 0 Å². The fourth-order valence-corrected chi connectivity index (χ4v) is 2.70. The first kappa shape index (κ1) is 22.4. The van der Waals surface area contributed by atoms with Crippen LogP contribution in [0.25, 0.3) is 0 Å². The number of hydrogen-bond acceptors (Lipinski definition) is 5. The Hall–Kier alpha value is -3.29. The average Bonchev–Trinajstić information content (AvgIpc) is 3.51. The van der Waals surface area contributed by atoms with E-state index in [4.69, 9.17) is 16.3 Å². The van der Waals surface area contributed by atoms with Crippen LogP contribution in [0.1, 0.15) is 18.4 Å². The number of rotatable bonds is 4. The molecule has 0 spiro atoms. The van der Waals surface area contributed by atoms with E-state index >= 15 is 0 Å². The van der Waals surface area contributed by atoms with Gasteiger partial charge in [0.05, 0.1) is 10.6 Å². The molecule has 1 aliphatic carbocycles. The molecular formula is C20H14ClF3N2O5. The Morgan fingerprint density at radius 2 is 1.87 bits per heavy atom. The van der Waals surface area contributed by atoms with Gasteiger partial charge in [0.2, 0.25) is 5.60 Å². The molecule has 1 aliphatic rings. The second-order valence-electron chi connectivity index (χ2n) is 6.71. The number of nitrogens with one attached hydrogen (secondary N) is 1. The van der Waals surface area contributed by atoms with Crippen LogP contribution in [0.2, 0.25) is 5.02 Å². The largest absolute Gasteiger partial charge is 0.433 e. The number of nitro benzene ring substituents is 1. The maximum absolute atomic E-state index is 13.8. The number of non-ortho nitro benzene ring substituents is 1. The maximum atomic E-state index is 13.8. The van der Waals surface area contributed by atoms with Gasteiger partial charge in [0.25, 0.3) is 5.69 Å². The van der Waals surface area contributed by atoms with Crippen LogP contribution >= 0.6 is 11.6 Å². The second-order valence-corrected chi connectivity index (χ2v) is 7.14. The molecule has 0 heterocycles. The van der Waals surface area contributed by atoms with Crippen molar-refractivity contribution in [2.75, 3.05) is 5.32 Å². The first-order valence-electron chi connectivity index (χ1n) is 8.85. The number of benzene rings is 2. The number of hydrogen-bond donors (Lipinski definition) is 2. The highest BCUT2D eigenvalue weighted by Gasteiger charge is 2.55. The van der Waals surface area contributed by atoms with Gasteiger partial charge in [-0.2, -0.15) is 13.2 Å². The van der Waals surface area contributed by atoms with Crippen molar-refractivity contribution in [3.05, 3.63) is 63.2 Å². The molecule has 1 atom stereocenters. The Kier molecular flexibility index (Phi) is 6.10. The summed E-state index contributed by atoms with van der Waals surface area (Å²) < 4.78 is 46.2. The predicted octanol–water partition coefficient (Wildman–Crippen LogP) is 5.02. The van der Waals surface area contributed by atoms with E-state index in [1.54, 1.807) is 0 Å². The van der Waals surface area contributed by atoms with E-state index in [0.717, 1.165) is 36.4 Å². The molecule has 2 aromatic rings. The number of carbonyl (C=O) groups is 1. The predicted molar refractivity (Wildman–Crippen MR) is 105 cm³/mol. The van der Waals surface area contributed by atoms with Gasteiger partial charge in [0.1, 0.15) is 5.75 Å². The molecule has 11 heteroatoms. The van der Waals surface area contributed by atoms with Crippen molar-refractivity contribution < 1.29 is 32.7 Å². The average molecular weight is 455 g/mol. The lowest BCUT2D eigenvalue weighted by Gasteiger charge is -2.28. The molecule has 0 unspecified atom stereocenters. The van der Waals surface area contributed by atoms with Gasteiger partial charge in [0.15, 0.2) is 0 Å². The molecule has 7 nitrogen and oxygen atoms in total.